The molecule has 1 aliphatic rings. The van der Waals surface area contributed by atoms with E-state index in [1.54, 1.807) is 0 Å². The van der Waals surface area contributed by atoms with Crippen molar-refractivity contribution in [3.63, 3.8) is 0 Å². The number of hydrogen-bond donors (Lipinski definition) is 1. The molecule has 17 heavy (non-hydrogen) atoms. The number of nitrogens with zero attached hydrogens (tertiary/aromatic N) is 2. The Bertz CT molecular complexity index is 515. The first kappa shape index (κ1) is 10.8. The fraction of sp³-hybridized carbons (Fsp3) is 0.429. The average molecular weight is 229 g/mol. The molecule has 1 aliphatic heterocycles. The molecule has 2 aromatic rings. The van der Waals surface area contributed by atoms with Crippen LogP contribution in [0.3, 0.4) is 0 Å². The van der Waals surface area contributed by atoms with E-state index in [0.29, 0.717) is 0 Å². The molecule has 0 radical (unpaired) electrons. The van der Waals surface area contributed by atoms with Crippen molar-refractivity contribution in [1.82, 2.24) is 9.47 Å². The van der Waals surface area contributed by atoms with Crippen LogP contribution in [0.2, 0.25) is 0 Å². The largest absolute Gasteiger partial charge is 0.342 e. The smallest absolute Gasteiger partial charge is 0.0483 e. The van der Waals surface area contributed by atoms with Gasteiger partial charge in [-0.1, -0.05) is 18.2 Å². The van der Waals surface area contributed by atoms with Gasteiger partial charge in [0.15, 0.2) is 0 Å². The molecule has 0 bridgehead atoms. The molecular weight excluding hydrogens is 210 g/mol. The molecule has 0 unspecified atom stereocenters. The van der Waals surface area contributed by atoms with Crippen molar-refractivity contribution in [1.29, 1.82) is 0 Å². The molecule has 2 N–H and O–H groups in total. The molecule has 90 valence electrons. The summed E-state index contributed by atoms with van der Waals surface area (Å²) < 4.78 is 2.45. The number of rotatable bonds is 3. The second-order valence-corrected chi connectivity index (χ2v) is 4.76. The molecule has 0 fully saturated rings. The van der Waals surface area contributed by atoms with Gasteiger partial charge in [0.1, 0.15) is 0 Å². The summed E-state index contributed by atoms with van der Waals surface area (Å²) in [4.78, 5) is 2.50. The second-order valence-electron chi connectivity index (χ2n) is 4.76. The topological polar surface area (TPSA) is 34.2 Å². The second kappa shape index (κ2) is 4.51. The molecule has 0 saturated carbocycles. The Balaban J connectivity index is 1.87. The number of fused-ring (bicyclic) bond motifs is 3. The van der Waals surface area contributed by atoms with Crippen LogP contribution in [0.4, 0.5) is 0 Å². The Kier molecular flexibility index (Phi) is 2.87. The van der Waals surface area contributed by atoms with Crippen molar-refractivity contribution < 1.29 is 0 Å². The first-order valence-corrected chi connectivity index (χ1v) is 6.38. The van der Waals surface area contributed by atoms with Crippen LogP contribution in [-0.2, 0) is 13.1 Å². The molecule has 1 aromatic heterocycles. The molecule has 0 aliphatic carbocycles. The van der Waals surface area contributed by atoms with Crippen LogP contribution in [-0.4, -0.2) is 29.1 Å². The maximum Gasteiger partial charge on any atom is 0.0483 e. The first-order valence-electron chi connectivity index (χ1n) is 6.38. The summed E-state index contributed by atoms with van der Waals surface area (Å²) in [5.74, 6) is 0. The van der Waals surface area contributed by atoms with Crippen LogP contribution in [0.25, 0.3) is 10.9 Å². The fourth-order valence-corrected chi connectivity index (χ4v) is 2.72. The molecule has 3 rings (SSSR count). The van der Waals surface area contributed by atoms with Crippen LogP contribution in [0.15, 0.2) is 30.3 Å². The molecule has 2 heterocycles. The molecule has 3 heteroatoms. The van der Waals surface area contributed by atoms with Crippen molar-refractivity contribution in [3.05, 3.63) is 36.0 Å². The van der Waals surface area contributed by atoms with E-state index < -0.39 is 0 Å². The van der Waals surface area contributed by atoms with Crippen molar-refractivity contribution >= 4 is 10.9 Å². The van der Waals surface area contributed by atoms with Crippen molar-refractivity contribution in [2.24, 2.45) is 5.73 Å². The van der Waals surface area contributed by atoms with Gasteiger partial charge < -0.3 is 10.3 Å². The SMILES string of the molecule is NCCCN1CCn2c(cc3ccccc32)C1. The summed E-state index contributed by atoms with van der Waals surface area (Å²) in [5, 5.41) is 1.36. The number of para-hydroxylation sites is 1. The number of benzene rings is 1. The van der Waals surface area contributed by atoms with E-state index >= 15 is 0 Å². The Hall–Kier alpha value is -1.32. The molecule has 3 nitrogen and oxygen atoms in total. The standard InChI is InChI=1S/C14H19N3/c15-6-3-7-16-8-9-17-13(11-16)10-12-4-1-2-5-14(12)17/h1-2,4-5,10H,3,6-9,11,15H2. The number of aromatic nitrogens is 1. The van der Waals surface area contributed by atoms with Crippen LogP contribution in [0, 0.1) is 0 Å². The minimum atomic E-state index is 0.791. The molecule has 0 atom stereocenters. The van der Waals surface area contributed by atoms with Crippen molar-refractivity contribution in [2.45, 2.75) is 19.5 Å². The zero-order valence-corrected chi connectivity index (χ0v) is 10.1. The van der Waals surface area contributed by atoms with E-state index in [0.717, 1.165) is 39.1 Å². The maximum absolute atomic E-state index is 5.57. The van der Waals surface area contributed by atoms with Gasteiger partial charge in [0.2, 0.25) is 0 Å². The third-order valence-corrected chi connectivity index (χ3v) is 3.60. The van der Waals surface area contributed by atoms with Crippen LogP contribution < -0.4 is 5.73 Å². The lowest BCUT2D eigenvalue weighted by molar-refractivity contribution is 0.222. The minimum absolute atomic E-state index is 0.791. The van der Waals surface area contributed by atoms with E-state index in [1.165, 1.54) is 16.6 Å². The quantitative estimate of drug-likeness (QED) is 0.871. The van der Waals surface area contributed by atoms with Gasteiger partial charge in [0, 0.05) is 30.8 Å². The van der Waals surface area contributed by atoms with Crippen molar-refractivity contribution in [2.75, 3.05) is 19.6 Å². The van der Waals surface area contributed by atoms with Gasteiger partial charge in [0.25, 0.3) is 0 Å². The highest BCUT2D eigenvalue weighted by molar-refractivity contribution is 5.81. The predicted molar refractivity (Wildman–Crippen MR) is 70.9 cm³/mol. The summed E-state index contributed by atoms with van der Waals surface area (Å²) in [6, 6.07) is 11.0. The summed E-state index contributed by atoms with van der Waals surface area (Å²) in [6.45, 7) is 5.23. The van der Waals surface area contributed by atoms with Crippen LogP contribution in [0.1, 0.15) is 12.1 Å². The first-order chi connectivity index (χ1) is 8.38. The highest BCUT2D eigenvalue weighted by atomic mass is 15.2. The van der Waals surface area contributed by atoms with Gasteiger partial charge in [-0.15, -0.1) is 0 Å². The third-order valence-electron chi connectivity index (χ3n) is 3.60. The summed E-state index contributed by atoms with van der Waals surface area (Å²) in [5.41, 5.74) is 8.38. The zero-order chi connectivity index (χ0) is 11.7. The number of nitrogens with two attached hydrogens (primary N) is 1. The third kappa shape index (κ3) is 1.96. The summed E-state index contributed by atoms with van der Waals surface area (Å²) in [7, 11) is 0. The maximum atomic E-state index is 5.57. The Morgan fingerprint density at radius 3 is 2.94 bits per heavy atom. The molecule has 1 aromatic carbocycles. The minimum Gasteiger partial charge on any atom is -0.342 e. The van der Waals surface area contributed by atoms with E-state index in [9.17, 15) is 0 Å². The predicted octanol–water partition coefficient (Wildman–Crippen LogP) is 1.81. The Labute approximate surface area is 102 Å². The summed E-state index contributed by atoms with van der Waals surface area (Å²) in [6.07, 6.45) is 1.10. The Morgan fingerprint density at radius 2 is 2.06 bits per heavy atom. The van der Waals surface area contributed by atoms with Crippen molar-refractivity contribution in [3.8, 4) is 0 Å². The molecule has 0 amide bonds. The van der Waals surface area contributed by atoms with Gasteiger partial charge in [-0.25, -0.2) is 0 Å². The van der Waals surface area contributed by atoms with Gasteiger partial charge in [-0.2, -0.15) is 0 Å². The lowest BCUT2D eigenvalue weighted by Crippen LogP contribution is -2.34. The van der Waals surface area contributed by atoms with E-state index in [4.69, 9.17) is 5.73 Å². The van der Waals surface area contributed by atoms with Gasteiger partial charge in [0.05, 0.1) is 0 Å². The lowest BCUT2D eigenvalue weighted by atomic mass is 10.2. The fourth-order valence-electron chi connectivity index (χ4n) is 2.72. The normalized spacial score (nSPS) is 16.3. The highest BCUT2D eigenvalue weighted by Gasteiger charge is 2.17. The number of hydrogen-bond acceptors (Lipinski definition) is 2. The monoisotopic (exact) mass is 229 g/mol. The van der Waals surface area contributed by atoms with Crippen LogP contribution >= 0.6 is 0 Å². The molecular formula is C14H19N3. The average Bonchev–Trinajstić information content (AvgIpc) is 2.74. The lowest BCUT2D eigenvalue weighted by Gasteiger charge is -2.28. The van der Waals surface area contributed by atoms with E-state index in [2.05, 4.69) is 39.8 Å². The van der Waals surface area contributed by atoms with Gasteiger partial charge in [-0.3, -0.25) is 4.90 Å². The highest BCUT2D eigenvalue weighted by Crippen LogP contribution is 2.23. The van der Waals surface area contributed by atoms with E-state index in [-0.39, 0.29) is 0 Å². The van der Waals surface area contributed by atoms with Crippen LogP contribution in [0.5, 0.6) is 0 Å². The van der Waals surface area contributed by atoms with Gasteiger partial charge >= 0.3 is 0 Å². The molecule has 0 saturated heterocycles. The van der Waals surface area contributed by atoms with Gasteiger partial charge in [-0.05, 0) is 37.0 Å². The summed E-state index contributed by atoms with van der Waals surface area (Å²) >= 11 is 0. The molecule has 0 spiro atoms. The Morgan fingerprint density at radius 1 is 1.18 bits per heavy atom. The van der Waals surface area contributed by atoms with E-state index in [1.807, 2.05) is 0 Å². The zero-order valence-electron chi connectivity index (χ0n) is 10.1.